The van der Waals surface area contributed by atoms with Gasteiger partial charge in [-0.25, -0.2) is 14.6 Å². The van der Waals surface area contributed by atoms with Gasteiger partial charge in [0.25, 0.3) is 5.91 Å². The minimum Gasteiger partial charge on any atom is -0.458 e. The predicted molar refractivity (Wildman–Crippen MR) is 229 cm³/mol. The maximum Gasteiger partial charge on any atom is 0.407 e. The fourth-order valence-corrected chi connectivity index (χ4v) is 6.57. The Hall–Kier alpha value is -5.19. The van der Waals surface area contributed by atoms with Crippen LogP contribution >= 0.6 is 11.8 Å². The number of pyridine rings is 1. The Morgan fingerprint density at radius 1 is 0.763 bits per heavy atom. The molecule has 15 nitrogen and oxygen atoms in total. The van der Waals surface area contributed by atoms with Crippen molar-refractivity contribution >= 4 is 41.7 Å². The Bertz CT molecular complexity index is 1800. The van der Waals surface area contributed by atoms with E-state index in [9.17, 15) is 24.0 Å². The van der Waals surface area contributed by atoms with Gasteiger partial charge >= 0.3 is 18.2 Å². The fourth-order valence-electron chi connectivity index (χ4n) is 6.08. The maximum atomic E-state index is 14.3. The van der Waals surface area contributed by atoms with Crippen molar-refractivity contribution in [2.75, 3.05) is 32.8 Å². The molecular formula is C43H61N7O8S. The molecule has 1 heterocycles. The zero-order chi connectivity index (χ0) is 43.8. The Morgan fingerprint density at radius 3 is 1.86 bits per heavy atom. The average Bonchev–Trinajstić information content (AvgIpc) is 3.20. The van der Waals surface area contributed by atoms with E-state index in [1.165, 1.54) is 26.0 Å². The minimum absolute atomic E-state index is 0.108. The number of amides is 4. The maximum absolute atomic E-state index is 14.3. The highest BCUT2D eigenvalue weighted by atomic mass is 32.2. The molecule has 3 aromatic rings. The van der Waals surface area contributed by atoms with E-state index in [-0.39, 0.29) is 19.5 Å². The highest BCUT2D eigenvalue weighted by Crippen LogP contribution is 2.23. The first kappa shape index (κ1) is 48.2. The first-order valence-electron chi connectivity index (χ1n) is 19.4. The van der Waals surface area contributed by atoms with Crippen LogP contribution in [0.3, 0.4) is 0 Å². The number of esters is 1. The van der Waals surface area contributed by atoms with Crippen LogP contribution in [0.25, 0.3) is 11.3 Å². The molecule has 5 atom stereocenters. The number of hydrazine groups is 1. The number of nitrogens with one attached hydrogen (secondary N) is 4. The van der Waals surface area contributed by atoms with Gasteiger partial charge in [-0.05, 0) is 58.9 Å². The molecule has 16 heteroatoms. The lowest BCUT2D eigenvalue weighted by Gasteiger charge is -2.37. The van der Waals surface area contributed by atoms with Crippen LogP contribution in [0.5, 0.6) is 0 Å². The molecule has 0 bridgehead atoms. The minimum atomic E-state index is -1.12. The zero-order valence-corrected chi connectivity index (χ0v) is 36.4. The molecule has 4 amide bonds. The van der Waals surface area contributed by atoms with Crippen LogP contribution in [-0.2, 0) is 41.6 Å². The van der Waals surface area contributed by atoms with E-state index < -0.39 is 71.1 Å². The van der Waals surface area contributed by atoms with E-state index in [0.29, 0.717) is 12.2 Å². The van der Waals surface area contributed by atoms with Gasteiger partial charge < -0.3 is 35.9 Å². The molecule has 59 heavy (non-hydrogen) atoms. The molecule has 0 aliphatic heterocycles. The summed E-state index contributed by atoms with van der Waals surface area (Å²) in [6.45, 7) is 10.8. The smallest absolute Gasteiger partial charge is 0.407 e. The lowest BCUT2D eigenvalue weighted by Crippen LogP contribution is -2.61. The molecule has 2 aromatic carbocycles. The molecule has 0 saturated carbocycles. The van der Waals surface area contributed by atoms with Crippen LogP contribution < -0.4 is 27.1 Å². The summed E-state index contributed by atoms with van der Waals surface area (Å²) in [5.74, 6) is -1.20. The number of nitrogens with zero attached hydrogens (tertiary/aromatic N) is 2. The van der Waals surface area contributed by atoms with E-state index in [0.717, 1.165) is 22.4 Å². The van der Waals surface area contributed by atoms with Gasteiger partial charge in [0.2, 0.25) is 5.91 Å². The zero-order valence-electron chi connectivity index (χ0n) is 35.6. The number of aromatic nitrogens is 1. The third-order valence-electron chi connectivity index (χ3n) is 9.39. The molecule has 6 N–H and O–H groups in total. The van der Waals surface area contributed by atoms with Crippen molar-refractivity contribution in [3.8, 4) is 11.3 Å². The quantitative estimate of drug-likeness (QED) is 0.0626. The predicted octanol–water partition coefficient (Wildman–Crippen LogP) is 4.84. The van der Waals surface area contributed by atoms with E-state index in [4.69, 9.17) is 19.9 Å². The Kier molecular flexibility index (Phi) is 18.6. The molecule has 0 unspecified atom stereocenters. The van der Waals surface area contributed by atoms with E-state index in [2.05, 4.69) is 26.4 Å². The van der Waals surface area contributed by atoms with Crippen LogP contribution in [-0.4, -0.2) is 103 Å². The number of benzene rings is 2. The number of hydrogen-bond acceptors (Lipinski definition) is 12. The van der Waals surface area contributed by atoms with E-state index in [1.807, 2.05) is 79.1 Å². The molecule has 0 radical (unpaired) electrons. The van der Waals surface area contributed by atoms with Crippen LogP contribution in [0.1, 0.15) is 59.1 Å². The molecule has 0 aliphatic rings. The van der Waals surface area contributed by atoms with Crippen LogP contribution in [0, 0.1) is 10.8 Å². The molecule has 322 valence electrons. The molecule has 3 rings (SSSR count). The highest BCUT2D eigenvalue weighted by Gasteiger charge is 2.39. The number of methoxy groups -OCH3 is 2. The number of rotatable bonds is 19. The summed E-state index contributed by atoms with van der Waals surface area (Å²) in [6.07, 6.45) is 1.44. The van der Waals surface area contributed by atoms with Crippen molar-refractivity contribution in [3.05, 3.63) is 90.1 Å². The van der Waals surface area contributed by atoms with Crippen molar-refractivity contribution in [3.63, 3.8) is 0 Å². The number of ether oxygens (including phenoxy) is 3. The monoisotopic (exact) mass is 835 g/mol. The van der Waals surface area contributed by atoms with Gasteiger partial charge in [0, 0.05) is 18.3 Å². The number of carbonyl (C=O) groups excluding carboxylic acids is 5. The Balaban J connectivity index is 2.16. The third-order valence-corrected chi connectivity index (χ3v) is 10.0. The summed E-state index contributed by atoms with van der Waals surface area (Å²) in [5, 5.41) is 9.93. The van der Waals surface area contributed by atoms with Gasteiger partial charge in [0.1, 0.15) is 24.2 Å². The lowest BCUT2D eigenvalue weighted by molar-refractivity contribution is -0.155. The number of hydrogen-bond donors (Lipinski definition) is 5. The second kappa shape index (κ2) is 22.8. The number of nitrogens with two attached hydrogens (primary N) is 1. The molecule has 0 saturated heterocycles. The van der Waals surface area contributed by atoms with Crippen LogP contribution in [0.15, 0.2) is 79.0 Å². The van der Waals surface area contributed by atoms with Crippen LogP contribution in [0.2, 0.25) is 0 Å². The molecule has 0 aliphatic carbocycles. The average molecular weight is 836 g/mol. The standard InChI is InChI=1S/C43H61N7O8S/c1-42(2,3)35(47-40(54)56-7)37(51)46-33(25-28-15-11-10-12-16-28)34(58-39(53)31(44)22-24-59-9)27-50(49-38(52)36(43(4,5)6)48-41(55)57-8)26-29-18-20-30(21-19-29)32-17-13-14-23-45-32/h10-21,23,31,33-36H,22,24-27,44H2,1-9H3,(H,46,51)(H,47,54)(H,48,55)(H,49,52)/t31-,33+,34+,35-,36-/m1/s1. The first-order chi connectivity index (χ1) is 27.9. The number of carbonyl (C=O) groups is 5. The van der Waals surface area contributed by atoms with Crippen molar-refractivity contribution in [1.82, 2.24) is 31.4 Å². The van der Waals surface area contributed by atoms with Gasteiger partial charge in [-0.15, -0.1) is 0 Å². The summed E-state index contributed by atoms with van der Waals surface area (Å²) in [7, 11) is 2.42. The van der Waals surface area contributed by atoms with Crippen LogP contribution in [0.4, 0.5) is 9.59 Å². The first-order valence-corrected chi connectivity index (χ1v) is 20.8. The van der Waals surface area contributed by atoms with Gasteiger partial charge in [-0.1, -0.05) is 102 Å². The fraction of sp³-hybridized carbons (Fsp3) is 0.488. The summed E-state index contributed by atoms with van der Waals surface area (Å²) in [6, 6.07) is 18.6. The van der Waals surface area contributed by atoms with Crippen molar-refractivity contribution in [2.24, 2.45) is 16.6 Å². The number of alkyl carbamates (subject to hydrolysis) is 2. The second-order valence-corrected chi connectivity index (χ2v) is 17.3. The van der Waals surface area contributed by atoms with E-state index >= 15 is 0 Å². The molecule has 1 aromatic heterocycles. The van der Waals surface area contributed by atoms with Gasteiger partial charge in [-0.2, -0.15) is 11.8 Å². The van der Waals surface area contributed by atoms with Gasteiger partial charge in [0.15, 0.2) is 0 Å². The largest absolute Gasteiger partial charge is 0.458 e. The second-order valence-electron chi connectivity index (χ2n) is 16.3. The molecular weight excluding hydrogens is 775 g/mol. The summed E-state index contributed by atoms with van der Waals surface area (Å²) in [5.41, 5.74) is 11.0. The van der Waals surface area contributed by atoms with Crippen molar-refractivity contribution < 1.29 is 38.2 Å². The summed E-state index contributed by atoms with van der Waals surface area (Å²) >= 11 is 1.54. The van der Waals surface area contributed by atoms with Gasteiger partial charge in [-0.3, -0.25) is 24.8 Å². The van der Waals surface area contributed by atoms with Crippen molar-refractivity contribution in [1.29, 1.82) is 0 Å². The summed E-state index contributed by atoms with van der Waals surface area (Å²) in [4.78, 5) is 71.6. The Morgan fingerprint density at radius 2 is 1.34 bits per heavy atom. The summed E-state index contributed by atoms with van der Waals surface area (Å²) < 4.78 is 15.9. The van der Waals surface area contributed by atoms with Crippen molar-refractivity contribution in [2.45, 2.75) is 91.2 Å². The topological polar surface area (TPSA) is 203 Å². The number of thioether (sulfide) groups is 1. The third kappa shape index (κ3) is 15.8. The SMILES string of the molecule is COC(=O)N[C@H](C(=O)N[C@@H](Cc1ccccc1)[C@H](CN(Cc1ccc(-c2ccccn2)cc1)NC(=O)[C@@H](NC(=O)OC)C(C)(C)C)OC(=O)[C@H](N)CCSC)C(C)(C)C. The molecule has 0 fully saturated rings. The highest BCUT2D eigenvalue weighted by molar-refractivity contribution is 7.98. The molecule has 0 spiro atoms. The van der Waals surface area contributed by atoms with Gasteiger partial charge in [0.05, 0.1) is 32.5 Å². The Labute approximate surface area is 352 Å². The lowest BCUT2D eigenvalue weighted by atomic mass is 9.85. The van der Waals surface area contributed by atoms with E-state index in [1.54, 1.807) is 52.7 Å². The normalized spacial score (nSPS) is 14.2.